The van der Waals surface area contributed by atoms with Gasteiger partial charge in [-0.1, -0.05) is 0 Å². The van der Waals surface area contributed by atoms with E-state index in [4.69, 9.17) is 5.73 Å². The van der Waals surface area contributed by atoms with Crippen LogP contribution in [-0.4, -0.2) is 32.1 Å². The Labute approximate surface area is 75.0 Å². The number of sulfone groups is 1. The van der Waals surface area contributed by atoms with E-state index in [2.05, 4.69) is 0 Å². The molecule has 0 radical (unpaired) electrons. The van der Waals surface area contributed by atoms with Gasteiger partial charge in [-0.25, -0.2) is 8.42 Å². The molecule has 13 heavy (non-hydrogen) atoms. The van der Waals surface area contributed by atoms with Gasteiger partial charge >= 0.3 is 6.18 Å². The highest BCUT2D eigenvalue weighted by atomic mass is 32.2. The Hall–Kier alpha value is -0.300. The lowest BCUT2D eigenvalue weighted by Crippen LogP contribution is -2.30. The highest BCUT2D eigenvalue weighted by Crippen LogP contribution is 2.21. The summed E-state index contributed by atoms with van der Waals surface area (Å²) in [4.78, 5) is 0. The molecule has 0 saturated carbocycles. The third kappa shape index (κ3) is 5.09. The van der Waals surface area contributed by atoms with Crippen molar-refractivity contribution in [1.82, 2.24) is 0 Å². The molecule has 0 spiro atoms. The summed E-state index contributed by atoms with van der Waals surface area (Å²) < 4.78 is 57.0. The second kappa shape index (κ2) is 4.28. The van der Waals surface area contributed by atoms with E-state index in [-0.39, 0.29) is 6.54 Å². The molecule has 0 heterocycles. The van der Waals surface area contributed by atoms with Crippen LogP contribution in [0.1, 0.15) is 13.3 Å². The molecule has 0 aliphatic carbocycles. The summed E-state index contributed by atoms with van der Waals surface area (Å²) in [7, 11) is -3.69. The first-order valence-corrected chi connectivity index (χ1v) is 5.39. The molecule has 0 aromatic heterocycles. The average molecular weight is 219 g/mol. The molecule has 1 atom stereocenters. The Balaban J connectivity index is 4.21. The van der Waals surface area contributed by atoms with Crippen LogP contribution in [0.2, 0.25) is 0 Å². The number of halogens is 3. The zero-order valence-electron chi connectivity index (χ0n) is 7.13. The first-order chi connectivity index (χ1) is 5.69. The third-order valence-electron chi connectivity index (χ3n) is 1.62. The molecule has 0 fully saturated rings. The molecule has 0 amide bonds. The lowest BCUT2D eigenvalue weighted by Gasteiger charge is -2.11. The van der Waals surface area contributed by atoms with Gasteiger partial charge in [-0.05, 0) is 6.92 Å². The summed E-state index contributed by atoms with van der Waals surface area (Å²) in [5.41, 5.74) is 5.04. The molecule has 0 aliphatic heterocycles. The van der Waals surface area contributed by atoms with Gasteiger partial charge in [-0.2, -0.15) is 13.2 Å². The van der Waals surface area contributed by atoms with Gasteiger partial charge in [0.15, 0.2) is 9.84 Å². The second-order valence-electron chi connectivity index (χ2n) is 2.78. The van der Waals surface area contributed by atoms with Crippen LogP contribution < -0.4 is 5.73 Å². The molecular weight excluding hydrogens is 207 g/mol. The van der Waals surface area contributed by atoms with E-state index >= 15 is 0 Å². The van der Waals surface area contributed by atoms with E-state index in [1.807, 2.05) is 0 Å². The predicted molar refractivity (Wildman–Crippen MR) is 43.0 cm³/mol. The third-order valence-corrected chi connectivity index (χ3v) is 3.81. The number of nitrogens with two attached hydrogens (primary N) is 1. The van der Waals surface area contributed by atoms with Crippen molar-refractivity contribution in [2.24, 2.45) is 5.73 Å². The summed E-state index contributed by atoms with van der Waals surface area (Å²) in [6, 6.07) is 0. The van der Waals surface area contributed by atoms with Crippen molar-refractivity contribution in [1.29, 1.82) is 0 Å². The van der Waals surface area contributed by atoms with Crippen LogP contribution in [-0.2, 0) is 9.84 Å². The molecular formula is C6H12F3NO2S. The quantitative estimate of drug-likeness (QED) is 0.757. The predicted octanol–water partition coefficient (Wildman–Crippen LogP) is 0.701. The fourth-order valence-electron chi connectivity index (χ4n) is 0.606. The highest BCUT2D eigenvalue weighted by Gasteiger charge is 2.31. The van der Waals surface area contributed by atoms with Gasteiger partial charge in [0.1, 0.15) is 0 Å². The van der Waals surface area contributed by atoms with Gasteiger partial charge in [0.25, 0.3) is 0 Å². The van der Waals surface area contributed by atoms with Gasteiger partial charge in [-0.3, -0.25) is 0 Å². The molecule has 1 unspecified atom stereocenters. The van der Waals surface area contributed by atoms with Crippen molar-refractivity contribution in [3.8, 4) is 0 Å². The zero-order chi connectivity index (χ0) is 10.7. The van der Waals surface area contributed by atoms with E-state index in [0.717, 1.165) is 0 Å². The van der Waals surface area contributed by atoms with Gasteiger partial charge in [0.2, 0.25) is 0 Å². The molecule has 80 valence electrons. The summed E-state index contributed by atoms with van der Waals surface area (Å²) in [5, 5.41) is -0.908. The molecule has 3 nitrogen and oxygen atoms in total. The maximum absolute atomic E-state index is 11.7. The molecule has 0 aromatic rings. The van der Waals surface area contributed by atoms with Crippen LogP contribution in [0.15, 0.2) is 0 Å². The number of rotatable bonds is 4. The Bertz CT molecular complexity index is 247. The van der Waals surface area contributed by atoms with Gasteiger partial charge in [0.05, 0.1) is 17.4 Å². The normalized spacial score (nSPS) is 15.8. The van der Waals surface area contributed by atoms with Crippen LogP contribution in [0.5, 0.6) is 0 Å². The molecule has 0 saturated heterocycles. The lowest BCUT2D eigenvalue weighted by atomic mass is 10.5. The zero-order valence-corrected chi connectivity index (χ0v) is 7.95. The fourth-order valence-corrected chi connectivity index (χ4v) is 1.82. The SMILES string of the molecule is CC(CN)S(=O)(=O)CCC(F)(F)F. The topological polar surface area (TPSA) is 60.2 Å². The minimum absolute atomic E-state index is 0.153. The Kier molecular flexibility index (Phi) is 4.18. The second-order valence-corrected chi connectivity index (χ2v) is 5.32. The highest BCUT2D eigenvalue weighted by molar-refractivity contribution is 7.92. The van der Waals surface area contributed by atoms with Crippen LogP contribution in [0.25, 0.3) is 0 Å². The van der Waals surface area contributed by atoms with Crippen molar-refractivity contribution >= 4 is 9.84 Å². The minimum atomic E-state index is -4.43. The lowest BCUT2D eigenvalue weighted by molar-refractivity contribution is -0.129. The Morgan fingerprint density at radius 3 is 2.15 bits per heavy atom. The van der Waals surface area contributed by atoms with Crippen LogP contribution >= 0.6 is 0 Å². The molecule has 0 aromatic carbocycles. The van der Waals surface area contributed by atoms with Gasteiger partial charge < -0.3 is 5.73 Å². The van der Waals surface area contributed by atoms with Gasteiger partial charge in [0, 0.05) is 6.54 Å². The molecule has 7 heteroatoms. The molecule has 0 bridgehead atoms. The number of hydrogen-bond acceptors (Lipinski definition) is 3. The van der Waals surface area contributed by atoms with E-state index in [9.17, 15) is 21.6 Å². The van der Waals surface area contributed by atoms with Crippen molar-refractivity contribution in [3.63, 3.8) is 0 Å². The van der Waals surface area contributed by atoms with Crippen molar-refractivity contribution in [2.45, 2.75) is 24.8 Å². The summed E-state index contributed by atoms with van der Waals surface area (Å²) >= 11 is 0. The van der Waals surface area contributed by atoms with Crippen molar-refractivity contribution in [2.75, 3.05) is 12.3 Å². The minimum Gasteiger partial charge on any atom is -0.329 e. The molecule has 0 rings (SSSR count). The standard InChI is InChI=1S/C6H12F3NO2S/c1-5(4-10)13(11,12)3-2-6(7,8)9/h5H,2-4,10H2,1H3. The van der Waals surface area contributed by atoms with Crippen LogP contribution in [0, 0.1) is 0 Å². The maximum atomic E-state index is 11.7. The largest absolute Gasteiger partial charge is 0.390 e. The monoisotopic (exact) mass is 219 g/mol. The number of hydrogen-bond donors (Lipinski definition) is 1. The first kappa shape index (κ1) is 12.7. The fraction of sp³-hybridized carbons (Fsp3) is 1.00. The van der Waals surface area contributed by atoms with E-state index in [0.29, 0.717) is 0 Å². The molecule has 0 aliphatic rings. The summed E-state index contributed by atoms with van der Waals surface area (Å²) in [6.45, 7) is 1.14. The van der Waals surface area contributed by atoms with Crippen LogP contribution in [0.3, 0.4) is 0 Å². The average Bonchev–Trinajstić information content (AvgIpc) is 1.98. The molecule has 2 N–H and O–H groups in total. The maximum Gasteiger partial charge on any atom is 0.390 e. The summed E-state index contributed by atoms with van der Waals surface area (Å²) in [6.07, 6.45) is -5.74. The van der Waals surface area contributed by atoms with E-state index < -0.39 is 33.4 Å². The van der Waals surface area contributed by atoms with Crippen molar-refractivity contribution in [3.05, 3.63) is 0 Å². The smallest absolute Gasteiger partial charge is 0.329 e. The summed E-state index contributed by atoms with van der Waals surface area (Å²) in [5.74, 6) is -0.880. The Morgan fingerprint density at radius 2 is 1.85 bits per heavy atom. The Morgan fingerprint density at radius 1 is 1.38 bits per heavy atom. The van der Waals surface area contributed by atoms with Crippen LogP contribution in [0.4, 0.5) is 13.2 Å². The van der Waals surface area contributed by atoms with E-state index in [1.54, 1.807) is 0 Å². The van der Waals surface area contributed by atoms with E-state index in [1.165, 1.54) is 6.92 Å². The van der Waals surface area contributed by atoms with Gasteiger partial charge in [-0.15, -0.1) is 0 Å². The van der Waals surface area contributed by atoms with Crippen molar-refractivity contribution < 1.29 is 21.6 Å². The first-order valence-electron chi connectivity index (χ1n) is 3.67. The number of alkyl halides is 3.